The van der Waals surface area contributed by atoms with E-state index in [2.05, 4.69) is 17.2 Å². The van der Waals surface area contributed by atoms with E-state index in [9.17, 15) is 13.6 Å². The van der Waals surface area contributed by atoms with E-state index in [0.29, 0.717) is 11.4 Å². The van der Waals surface area contributed by atoms with Crippen molar-refractivity contribution in [1.82, 2.24) is 5.32 Å². The monoisotopic (exact) mass is 296 g/mol. The molecule has 1 aromatic rings. The number of benzene rings is 1. The van der Waals surface area contributed by atoms with Crippen molar-refractivity contribution in [2.75, 3.05) is 11.9 Å². The van der Waals surface area contributed by atoms with E-state index < -0.39 is 17.6 Å². The van der Waals surface area contributed by atoms with Crippen LogP contribution < -0.4 is 10.6 Å². The summed E-state index contributed by atoms with van der Waals surface area (Å²) in [7, 11) is 0. The maximum Gasteiger partial charge on any atom is 0.373 e. The molecule has 7 heteroatoms. The first kappa shape index (κ1) is 16.5. The normalized spacial score (nSPS) is 16.3. The van der Waals surface area contributed by atoms with Crippen LogP contribution in [-0.2, 0) is 14.4 Å². The predicted molar refractivity (Wildman–Crippen MR) is 70.2 cm³/mol. The van der Waals surface area contributed by atoms with E-state index in [1.165, 1.54) is 12.1 Å². The lowest BCUT2D eigenvalue weighted by molar-refractivity contribution is -0.191. The Labute approximate surface area is 120 Å². The molecule has 0 unspecified atom stereocenters. The molecular weight excluding hydrogens is 282 g/mol. The van der Waals surface area contributed by atoms with Crippen molar-refractivity contribution in [3.05, 3.63) is 41.6 Å². The van der Waals surface area contributed by atoms with E-state index in [4.69, 9.17) is 9.59 Å². The number of carbonyl (C=O) groups is 1. The molecule has 5 nitrogen and oxygen atoms in total. The molecule has 1 aliphatic rings. The van der Waals surface area contributed by atoms with Crippen molar-refractivity contribution in [2.24, 2.45) is 0 Å². The number of halogens is 2. The molecule has 1 aromatic carbocycles. The Kier molecular flexibility index (Phi) is 5.75. The number of carbonyl (C=O) groups excluding carboxylic acids is 3. The van der Waals surface area contributed by atoms with E-state index in [1.807, 2.05) is 0 Å². The smallest absolute Gasteiger partial charge is 0.360 e. The van der Waals surface area contributed by atoms with Gasteiger partial charge in [-0.1, -0.05) is 6.58 Å². The standard InChI is InChI=1S/C13H14F2N2O.CO2/c1-7(2)17-9-4-10(14)13(11(15)5-9)8-3-12(18)16-6-8;2-1-3/h4-5,8,17H,1,3,6H2,2H3,(H,16,18);/t8-;/m0./s1. The van der Waals surface area contributed by atoms with Crippen molar-refractivity contribution >= 4 is 17.7 Å². The molecule has 1 atom stereocenters. The van der Waals surface area contributed by atoms with Gasteiger partial charge in [0.05, 0.1) is 0 Å². The van der Waals surface area contributed by atoms with Gasteiger partial charge in [-0.05, 0) is 19.1 Å². The molecule has 21 heavy (non-hydrogen) atoms. The van der Waals surface area contributed by atoms with Crippen molar-refractivity contribution in [3.8, 4) is 0 Å². The quantitative estimate of drug-likeness (QED) is 0.893. The van der Waals surface area contributed by atoms with Gasteiger partial charge in [-0.15, -0.1) is 0 Å². The van der Waals surface area contributed by atoms with Gasteiger partial charge < -0.3 is 10.6 Å². The molecule has 2 rings (SSSR count). The minimum absolute atomic E-state index is 0.0272. The first-order chi connectivity index (χ1) is 9.88. The van der Waals surface area contributed by atoms with Gasteiger partial charge in [0, 0.05) is 35.8 Å². The van der Waals surface area contributed by atoms with Gasteiger partial charge in [-0.25, -0.2) is 8.78 Å². The molecule has 0 spiro atoms. The molecule has 0 aromatic heterocycles. The fourth-order valence-corrected chi connectivity index (χ4v) is 2.10. The zero-order valence-electron chi connectivity index (χ0n) is 11.3. The van der Waals surface area contributed by atoms with Crippen molar-refractivity contribution in [3.63, 3.8) is 0 Å². The summed E-state index contributed by atoms with van der Waals surface area (Å²) in [6, 6.07) is 2.44. The summed E-state index contributed by atoms with van der Waals surface area (Å²) >= 11 is 0. The molecule has 1 heterocycles. The molecule has 1 amide bonds. The van der Waals surface area contributed by atoms with Gasteiger partial charge in [0.1, 0.15) is 11.6 Å². The summed E-state index contributed by atoms with van der Waals surface area (Å²) in [4.78, 5) is 27.3. The number of nitrogens with one attached hydrogen (secondary N) is 2. The summed E-state index contributed by atoms with van der Waals surface area (Å²) in [6.07, 6.45) is 0.376. The first-order valence-corrected chi connectivity index (χ1v) is 6.06. The van der Waals surface area contributed by atoms with E-state index >= 15 is 0 Å². The lowest BCUT2D eigenvalue weighted by Gasteiger charge is -2.13. The van der Waals surface area contributed by atoms with Crippen molar-refractivity contribution < 1.29 is 23.2 Å². The predicted octanol–water partition coefficient (Wildman–Crippen LogP) is 1.93. The highest BCUT2D eigenvalue weighted by atomic mass is 19.1. The summed E-state index contributed by atoms with van der Waals surface area (Å²) in [5.41, 5.74) is 0.887. The number of allylic oxidation sites excluding steroid dienone is 1. The van der Waals surface area contributed by atoms with Gasteiger partial charge in [0.15, 0.2) is 0 Å². The average Bonchev–Trinajstić information content (AvgIpc) is 2.74. The fraction of sp³-hybridized carbons (Fsp3) is 0.286. The Balaban J connectivity index is 0.000000677. The van der Waals surface area contributed by atoms with Crippen LogP contribution in [0.4, 0.5) is 14.5 Å². The molecule has 0 radical (unpaired) electrons. The minimum atomic E-state index is -0.639. The Morgan fingerprint density at radius 3 is 2.29 bits per heavy atom. The van der Waals surface area contributed by atoms with Crippen LogP contribution in [-0.4, -0.2) is 18.6 Å². The van der Waals surface area contributed by atoms with E-state index in [0.717, 1.165) is 0 Å². The first-order valence-electron chi connectivity index (χ1n) is 6.06. The van der Waals surface area contributed by atoms with Crippen LogP contribution in [0, 0.1) is 11.6 Å². The molecule has 0 saturated carbocycles. The van der Waals surface area contributed by atoms with E-state index in [1.54, 1.807) is 6.92 Å². The average molecular weight is 296 g/mol. The van der Waals surface area contributed by atoms with Crippen LogP contribution in [0.3, 0.4) is 0 Å². The fourth-order valence-electron chi connectivity index (χ4n) is 2.10. The molecule has 2 N–H and O–H groups in total. The van der Waals surface area contributed by atoms with Crippen LogP contribution in [0.25, 0.3) is 0 Å². The Morgan fingerprint density at radius 2 is 1.90 bits per heavy atom. The third kappa shape index (κ3) is 4.50. The minimum Gasteiger partial charge on any atom is -0.360 e. The summed E-state index contributed by atoms with van der Waals surface area (Å²) in [5.74, 6) is -1.89. The third-order valence-corrected chi connectivity index (χ3v) is 2.82. The van der Waals surface area contributed by atoms with Crippen LogP contribution in [0.2, 0.25) is 0 Å². The molecule has 0 bridgehead atoms. The highest BCUT2D eigenvalue weighted by Gasteiger charge is 2.28. The number of amides is 1. The molecule has 0 aliphatic carbocycles. The Morgan fingerprint density at radius 1 is 1.38 bits per heavy atom. The van der Waals surface area contributed by atoms with Gasteiger partial charge >= 0.3 is 6.15 Å². The number of hydrogen-bond donors (Lipinski definition) is 2. The molecule has 1 saturated heterocycles. The van der Waals surface area contributed by atoms with Crippen LogP contribution in [0.15, 0.2) is 24.4 Å². The molecular formula is C14H14F2N2O3. The van der Waals surface area contributed by atoms with Crippen molar-refractivity contribution in [1.29, 1.82) is 0 Å². The topological polar surface area (TPSA) is 75.3 Å². The second-order valence-electron chi connectivity index (χ2n) is 4.55. The molecule has 1 fully saturated rings. The van der Waals surface area contributed by atoms with Crippen LogP contribution >= 0.6 is 0 Å². The van der Waals surface area contributed by atoms with Gasteiger partial charge in [0.2, 0.25) is 5.91 Å². The zero-order chi connectivity index (χ0) is 16.0. The number of hydrogen-bond acceptors (Lipinski definition) is 4. The second kappa shape index (κ2) is 7.31. The third-order valence-electron chi connectivity index (χ3n) is 2.82. The molecule has 112 valence electrons. The van der Waals surface area contributed by atoms with Crippen molar-refractivity contribution in [2.45, 2.75) is 19.3 Å². The Bertz CT molecular complexity index is 573. The second-order valence-corrected chi connectivity index (χ2v) is 4.55. The van der Waals surface area contributed by atoms with Gasteiger partial charge in [0.25, 0.3) is 0 Å². The number of anilines is 1. The lowest BCUT2D eigenvalue weighted by Crippen LogP contribution is -2.14. The molecule has 1 aliphatic heterocycles. The summed E-state index contributed by atoms with van der Waals surface area (Å²) in [6.45, 7) is 5.58. The highest BCUT2D eigenvalue weighted by Crippen LogP contribution is 2.30. The summed E-state index contributed by atoms with van der Waals surface area (Å²) < 4.78 is 27.8. The zero-order valence-corrected chi connectivity index (χ0v) is 11.3. The maximum absolute atomic E-state index is 13.9. The maximum atomic E-state index is 13.9. The highest BCUT2D eigenvalue weighted by molar-refractivity contribution is 5.79. The van der Waals surface area contributed by atoms with Gasteiger partial charge in [-0.2, -0.15) is 9.59 Å². The lowest BCUT2D eigenvalue weighted by atomic mass is 9.96. The SMILES string of the molecule is C=C(C)Nc1cc(F)c([C@@H]2CNC(=O)C2)c(F)c1.O=C=O. The van der Waals surface area contributed by atoms with Crippen LogP contribution in [0.5, 0.6) is 0 Å². The summed E-state index contributed by atoms with van der Waals surface area (Å²) in [5, 5.41) is 5.32. The van der Waals surface area contributed by atoms with E-state index in [-0.39, 0.29) is 30.6 Å². The van der Waals surface area contributed by atoms with Gasteiger partial charge in [-0.3, -0.25) is 4.79 Å². The number of rotatable bonds is 3. The Hall–Kier alpha value is -2.53. The van der Waals surface area contributed by atoms with Crippen LogP contribution in [0.1, 0.15) is 24.8 Å². The largest absolute Gasteiger partial charge is 0.373 e.